The Bertz CT molecular complexity index is 799. The number of rotatable bonds is 3. The SMILES string of the molecule is CC(C)(C)c1ncc(NC(=O)CN2C(=O)CSc3ccccc32)cn1. The molecule has 1 aliphatic heterocycles. The van der Waals surface area contributed by atoms with Crippen LogP contribution in [0.4, 0.5) is 11.4 Å². The number of anilines is 2. The summed E-state index contributed by atoms with van der Waals surface area (Å²) >= 11 is 1.49. The van der Waals surface area contributed by atoms with Crippen molar-refractivity contribution in [2.24, 2.45) is 0 Å². The van der Waals surface area contributed by atoms with Crippen molar-refractivity contribution < 1.29 is 9.59 Å². The van der Waals surface area contributed by atoms with Gasteiger partial charge in [0.2, 0.25) is 11.8 Å². The summed E-state index contributed by atoms with van der Waals surface area (Å²) in [7, 11) is 0. The van der Waals surface area contributed by atoms with Crippen LogP contribution < -0.4 is 10.2 Å². The normalized spacial score (nSPS) is 14.2. The van der Waals surface area contributed by atoms with Crippen LogP contribution in [-0.4, -0.2) is 34.1 Å². The van der Waals surface area contributed by atoms with Crippen molar-refractivity contribution in [2.45, 2.75) is 31.1 Å². The number of carbonyl (C=O) groups is 2. The monoisotopic (exact) mass is 356 g/mol. The number of thioether (sulfide) groups is 1. The molecular weight excluding hydrogens is 336 g/mol. The van der Waals surface area contributed by atoms with Gasteiger partial charge in [-0.1, -0.05) is 32.9 Å². The third kappa shape index (κ3) is 3.99. The van der Waals surface area contributed by atoms with Crippen LogP contribution in [0.2, 0.25) is 0 Å². The third-order valence-corrected chi connectivity index (χ3v) is 4.76. The van der Waals surface area contributed by atoms with E-state index in [4.69, 9.17) is 0 Å². The molecule has 0 radical (unpaired) electrons. The first kappa shape index (κ1) is 17.4. The number of nitrogens with zero attached hydrogens (tertiary/aromatic N) is 3. The average molecular weight is 356 g/mol. The number of benzene rings is 1. The Morgan fingerprint density at radius 3 is 2.60 bits per heavy atom. The zero-order valence-electron chi connectivity index (χ0n) is 14.4. The molecule has 1 aliphatic rings. The number of carbonyl (C=O) groups excluding carboxylic acids is 2. The molecule has 3 rings (SSSR count). The van der Waals surface area contributed by atoms with Crippen molar-refractivity contribution in [3.63, 3.8) is 0 Å². The van der Waals surface area contributed by atoms with E-state index in [0.717, 1.165) is 10.6 Å². The summed E-state index contributed by atoms with van der Waals surface area (Å²) in [4.78, 5) is 35.7. The van der Waals surface area contributed by atoms with Gasteiger partial charge in [-0.05, 0) is 12.1 Å². The summed E-state index contributed by atoms with van der Waals surface area (Å²) in [6.45, 7) is 6.05. The van der Waals surface area contributed by atoms with Crippen molar-refractivity contribution in [3.8, 4) is 0 Å². The van der Waals surface area contributed by atoms with Crippen molar-refractivity contribution in [1.29, 1.82) is 0 Å². The van der Waals surface area contributed by atoms with Gasteiger partial charge < -0.3 is 10.2 Å². The maximum Gasteiger partial charge on any atom is 0.244 e. The van der Waals surface area contributed by atoms with E-state index < -0.39 is 0 Å². The van der Waals surface area contributed by atoms with Gasteiger partial charge in [0.05, 0.1) is 29.5 Å². The maximum atomic E-state index is 12.4. The fourth-order valence-electron chi connectivity index (χ4n) is 2.45. The molecule has 7 heteroatoms. The number of fused-ring (bicyclic) bond motifs is 1. The predicted molar refractivity (Wildman–Crippen MR) is 98.9 cm³/mol. The lowest BCUT2D eigenvalue weighted by Gasteiger charge is -2.28. The summed E-state index contributed by atoms with van der Waals surface area (Å²) < 4.78 is 0. The lowest BCUT2D eigenvalue weighted by molar-refractivity contribution is -0.120. The molecule has 0 atom stereocenters. The number of para-hydroxylation sites is 1. The minimum Gasteiger partial charge on any atom is -0.322 e. The Kier molecular flexibility index (Phi) is 4.76. The van der Waals surface area contributed by atoms with Crippen molar-refractivity contribution in [2.75, 3.05) is 22.5 Å². The van der Waals surface area contributed by atoms with Crippen LogP contribution in [0.1, 0.15) is 26.6 Å². The van der Waals surface area contributed by atoms with E-state index in [1.165, 1.54) is 16.7 Å². The van der Waals surface area contributed by atoms with E-state index in [2.05, 4.69) is 15.3 Å². The van der Waals surface area contributed by atoms with E-state index >= 15 is 0 Å². The first-order valence-corrected chi connectivity index (χ1v) is 8.98. The molecule has 0 bridgehead atoms. The highest BCUT2D eigenvalue weighted by Crippen LogP contribution is 2.34. The molecular formula is C18H20N4O2S. The van der Waals surface area contributed by atoms with Crippen LogP contribution in [0.25, 0.3) is 0 Å². The summed E-state index contributed by atoms with van der Waals surface area (Å²) in [5, 5.41) is 2.75. The number of hydrogen-bond donors (Lipinski definition) is 1. The van der Waals surface area contributed by atoms with Gasteiger partial charge in [0.1, 0.15) is 12.4 Å². The quantitative estimate of drug-likeness (QED) is 0.915. The van der Waals surface area contributed by atoms with E-state index in [9.17, 15) is 9.59 Å². The average Bonchev–Trinajstić information content (AvgIpc) is 2.57. The molecule has 0 unspecified atom stereocenters. The van der Waals surface area contributed by atoms with Gasteiger partial charge in [-0.15, -0.1) is 11.8 Å². The standard InChI is InChI=1S/C18H20N4O2S/c1-18(2,3)17-19-8-12(9-20-17)21-15(23)10-22-13-6-4-5-7-14(13)25-11-16(22)24/h4-9H,10-11H2,1-3H3,(H,21,23). The molecule has 2 amide bonds. The van der Waals surface area contributed by atoms with Crippen LogP contribution >= 0.6 is 11.8 Å². The van der Waals surface area contributed by atoms with Gasteiger partial charge in [-0.2, -0.15) is 0 Å². The minimum atomic E-state index is -0.276. The van der Waals surface area contributed by atoms with Crippen LogP contribution in [0.15, 0.2) is 41.6 Å². The second-order valence-corrected chi connectivity index (χ2v) is 7.85. The highest BCUT2D eigenvalue weighted by atomic mass is 32.2. The topological polar surface area (TPSA) is 75.2 Å². The van der Waals surface area contributed by atoms with Crippen LogP contribution in [0, 0.1) is 0 Å². The summed E-state index contributed by atoms with van der Waals surface area (Å²) in [6.07, 6.45) is 3.18. The molecule has 0 spiro atoms. The Hall–Kier alpha value is -2.41. The molecule has 1 aromatic carbocycles. The number of aromatic nitrogens is 2. The van der Waals surface area contributed by atoms with Crippen molar-refractivity contribution in [1.82, 2.24) is 9.97 Å². The smallest absolute Gasteiger partial charge is 0.244 e. The van der Waals surface area contributed by atoms with Crippen molar-refractivity contribution >= 4 is 35.0 Å². The molecule has 2 aromatic rings. The van der Waals surface area contributed by atoms with Gasteiger partial charge in [0.15, 0.2) is 0 Å². The molecule has 130 valence electrons. The molecule has 1 aromatic heterocycles. The summed E-state index contributed by atoms with van der Waals surface area (Å²) in [5.41, 5.74) is 1.15. The van der Waals surface area contributed by atoms with E-state index in [0.29, 0.717) is 17.3 Å². The summed E-state index contributed by atoms with van der Waals surface area (Å²) in [5.74, 6) is 0.705. The van der Waals surface area contributed by atoms with Gasteiger partial charge in [0.25, 0.3) is 0 Å². The maximum absolute atomic E-state index is 12.4. The number of hydrogen-bond acceptors (Lipinski definition) is 5. The Morgan fingerprint density at radius 1 is 1.24 bits per heavy atom. The zero-order valence-corrected chi connectivity index (χ0v) is 15.3. The van der Waals surface area contributed by atoms with Crippen molar-refractivity contribution in [3.05, 3.63) is 42.5 Å². The zero-order chi connectivity index (χ0) is 18.0. The minimum absolute atomic E-state index is 0.0303. The molecule has 25 heavy (non-hydrogen) atoms. The van der Waals surface area contributed by atoms with Gasteiger partial charge in [0, 0.05) is 10.3 Å². The fourth-order valence-corrected chi connectivity index (χ4v) is 3.39. The van der Waals surface area contributed by atoms with Crippen LogP contribution in [0.3, 0.4) is 0 Å². The van der Waals surface area contributed by atoms with Gasteiger partial charge >= 0.3 is 0 Å². The second-order valence-electron chi connectivity index (χ2n) is 6.83. The van der Waals surface area contributed by atoms with Gasteiger partial charge in [-0.25, -0.2) is 9.97 Å². The van der Waals surface area contributed by atoms with E-state index in [-0.39, 0.29) is 23.8 Å². The molecule has 0 aliphatic carbocycles. The van der Waals surface area contributed by atoms with Gasteiger partial charge in [-0.3, -0.25) is 9.59 Å². The second kappa shape index (κ2) is 6.84. The number of amides is 2. The largest absolute Gasteiger partial charge is 0.322 e. The highest BCUT2D eigenvalue weighted by molar-refractivity contribution is 8.00. The first-order valence-electron chi connectivity index (χ1n) is 7.99. The van der Waals surface area contributed by atoms with Crippen LogP contribution in [0.5, 0.6) is 0 Å². The summed E-state index contributed by atoms with van der Waals surface area (Å²) in [6, 6.07) is 7.60. The molecule has 6 nitrogen and oxygen atoms in total. The van der Waals surface area contributed by atoms with Crippen LogP contribution in [-0.2, 0) is 15.0 Å². The van der Waals surface area contributed by atoms with E-state index in [1.807, 2.05) is 45.0 Å². The Labute approximate surface area is 151 Å². The molecule has 0 saturated carbocycles. The molecule has 2 heterocycles. The lowest BCUT2D eigenvalue weighted by atomic mass is 9.96. The first-order chi connectivity index (χ1) is 11.8. The molecule has 0 saturated heterocycles. The Balaban J connectivity index is 1.70. The Morgan fingerprint density at radius 2 is 1.92 bits per heavy atom. The highest BCUT2D eigenvalue weighted by Gasteiger charge is 2.26. The fraction of sp³-hybridized carbons (Fsp3) is 0.333. The third-order valence-electron chi connectivity index (χ3n) is 3.72. The molecule has 1 N–H and O–H groups in total. The lowest BCUT2D eigenvalue weighted by Crippen LogP contribution is -2.41. The molecule has 0 fully saturated rings. The predicted octanol–water partition coefficient (Wildman–Crippen LogP) is 2.85. The number of nitrogens with one attached hydrogen (secondary N) is 1. The van der Waals surface area contributed by atoms with E-state index in [1.54, 1.807) is 12.4 Å².